The quantitative estimate of drug-likeness (QED) is 0.773. The van der Waals surface area contributed by atoms with Gasteiger partial charge in [-0.3, -0.25) is 9.78 Å². The van der Waals surface area contributed by atoms with Crippen molar-refractivity contribution in [3.63, 3.8) is 0 Å². The summed E-state index contributed by atoms with van der Waals surface area (Å²) in [6.45, 7) is 3.51. The lowest BCUT2D eigenvalue weighted by Gasteiger charge is -2.32. The molecule has 1 atom stereocenters. The molecular formula is C21H24N2O2. The van der Waals surface area contributed by atoms with E-state index in [4.69, 9.17) is 4.74 Å². The summed E-state index contributed by atoms with van der Waals surface area (Å²) in [7, 11) is 0. The molecule has 1 unspecified atom stereocenters. The normalized spacial score (nSPS) is 17.6. The predicted octanol–water partition coefficient (Wildman–Crippen LogP) is 4.07. The monoisotopic (exact) mass is 336 g/mol. The van der Waals surface area contributed by atoms with Gasteiger partial charge in [-0.25, -0.2) is 0 Å². The molecule has 0 saturated carbocycles. The van der Waals surface area contributed by atoms with Crippen LogP contribution in [0, 0.1) is 0 Å². The highest BCUT2D eigenvalue weighted by atomic mass is 16.5. The van der Waals surface area contributed by atoms with E-state index in [9.17, 15) is 4.79 Å². The number of carbonyl (C=O) groups excluding carboxylic acids is 1. The van der Waals surface area contributed by atoms with Gasteiger partial charge in [-0.2, -0.15) is 0 Å². The minimum Gasteiger partial charge on any atom is -0.489 e. The number of benzene rings is 1. The summed E-state index contributed by atoms with van der Waals surface area (Å²) < 4.78 is 5.75. The first-order chi connectivity index (χ1) is 12.2. The van der Waals surface area contributed by atoms with Crippen LogP contribution in [0.3, 0.4) is 0 Å². The smallest absolute Gasteiger partial charge is 0.246 e. The van der Waals surface area contributed by atoms with Crippen LogP contribution in [0.1, 0.15) is 37.3 Å². The maximum absolute atomic E-state index is 12.3. The molecule has 2 heterocycles. The Hall–Kier alpha value is -2.62. The summed E-state index contributed by atoms with van der Waals surface area (Å²) in [6.07, 6.45) is 10.5. The van der Waals surface area contributed by atoms with Gasteiger partial charge in [-0.05, 0) is 67.7 Å². The molecule has 1 aromatic carbocycles. The summed E-state index contributed by atoms with van der Waals surface area (Å²) in [5.41, 5.74) is 2.08. The van der Waals surface area contributed by atoms with E-state index < -0.39 is 0 Å². The fourth-order valence-corrected chi connectivity index (χ4v) is 3.01. The minimum absolute atomic E-state index is 0.102. The van der Waals surface area contributed by atoms with Crippen LogP contribution in [-0.4, -0.2) is 28.4 Å². The number of hydrogen-bond donors (Lipinski definition) is 0. The van der Waals surface area contributed by atoms with Gasteiger partial charge < -0.3 is 9.64 Å². The summed E-state index contributed by atoms with van der Waals surface area (Å²) in [5.74, 6) is 0.912. The Balaban J connectivity index is 1.54. The third kappa shape index (κ3) is 4.92. The van der Waals surface area contributed by atoms with Crippen LogP contribution >= 0.6 is 0 Å². The number of nitrogens with zero attached hydrogens (tertiary/aromatic N) is 2. The molecule has 0 N–H and O–H groups in total. The van der Waals surface area contributed by atoms with Gasteiger partial charge in [-0.15, -0.1) is 0 Å². The second-order valence-corrected chi connectivity index (χ2v) is 6.42. The van der Waals surface area contributed by atoms with E-state index in [1.807, 2.05) is 47.4 Å². The molecule has 0 aliphatic carbocycles. The number of amides is 1. The number of pyridine rings is 1. The Morgan fingerprint density at radius 3 is 2.68 bits per heavy atom. The van der Waals surface area contributed by atoms with Crippen molar-refractivity contribution in [2.24, 2.45) is 0 Å². The second-order valence-electron chi connectivity index (χ2n) is 6.42. The maximum Gasteiger partial charge on any atom is 0.246 e. The van der Waals surface area contributed by atoms with Crippen molar-refractivity contribution in [2.45, 2.75) is 38.8 Å². The van der Waals surface area contributed by atoms with Crippen LogP contribution in [0.4, 0.5) is 0 Å². The van der Waals surface area contributed by atoms with E-state index in [2.05, 4.69) is 11.9 Å². The zero-order chi connectivity index (χ0) is 17.5. The van der Waals surface area contributed by atoms with E-state index in [1.165, 1.54) is 6.42 Å². The van der Waals surface area contributed by atoms with Gasteiger partial charge in [0.25, 0.3) is 0 Å². The lowest BCUT2D eigenvalue weighted by molar-refractivity contribution is -0.129. The van der Waals surface area contributed by atoms with Crippen LogP contribution < -0.4 is 4.74 Å². The van der Waals surface area contributed by atoms with Crippen LogP contribution in [0.5, 0.6) is 5.75 Å². The fraction of sp³-hybridized carbons (Fsp3) is 0.333. The molecule has 1 fully saturated rings. The Morgan fingerprint density at radius 1 is 1.20 bits per heavy atom. The van der Waals surface area contributed by atoms with Gasteiger partial charge >= 0.3 is 0 Å². The second kappa shape index (κ2) is 8.47. The Morgan fingerprint density at radius 2 is 1.96 bits per heavy atom. The molecule has 0 radical (unpaired) electrons. The number of rotatable bonds is 5. The highest BCUT2D eigenvalue weighted by Gasteiger charge is 2.21. The van der Waals surface area contributed by atoms with Gasteiger partial charge in [0.1, 0.15) is 12.4 Å². The third-order valence-corrected chi connectivity index (χ3v) is 4.54. The van der Waals surface area contributed by atoms with Crippen molar-refractivity contribution < 1.29 is 9.53 Å². The van der Waals surface area contributed by atoms with Gasteiger partial charge in [0.15, 0.2) is 0 Å². The molecule has 1 aromatic heterocycles. The zero-order valence-corrected chi connectivity index (χ0v) is 14.6. The largest absolute Gasteiger partial charge is 0.489 e. The van der Waals surface area contributed by atoms with Crippen molar-refractivity contribution >= 4 is 12.0 Å². The van der Waals surface area contributed by atoms with E-state index >= 15 is 0 Å². The topological polar surface area (TPSA) is 42.4 Å². The zero-order valence-electron chi connectivity index (χ0n) is 14.6. The van der Waals surface area contributed by atoms with Crippen LogP contribution in [0.15, 0.2) is 54.9 Å². The molecule has 2 aromatic rings. The van der Waals surface area contributed by atoms with Crippen molar-refractivity contribution in [1.29, 1.82) is 0 Å². The van der Waals surface area contributed by atoms with Crippen LogP contribution in [0.25, 0.3) is 6.08 Å². The summed E-state index contributed by atoms with van der Waals surface area (Å²) in [6, 6.07) is 12.0. The average molecular weight is 336 g/mol. The van der Waals surface area contributed by atoms with Crippen molar-refractivity contribution in [2.75, 3.05) is 6.54 Å². The SMILES string of the molecule is CC1CCCCN1C(=O)/C=C/c1ccc(OCc2ccncc2)cc1. The van der Waals surface area contributed by atoms with Gasteiger partial charge in [0, 0.05) is 31.1 Å². The molecule has 4 nitrogen and oxygen atoms in total. The van der Waals surface area contributed by atoms with Gasteiger partial charge in [-0.1, -0.05) is 12.1 Å². The molecule has 0 spiro atoms. The first-order valence-corrected chi connectivity index (χ1v) is 8.83. The number of hydrogen-bond acceptors (Lipinski definition) is 3. The van der Waals surface area contributed by atoms with Crippen molar-refractivity contribution in [3.8, 4) is 5.75 Å². The highest BCUT2D eigenvalue weighted by Crippen LogP contribution is 2.18. The summed E-state index contributed by atoms with van der Waals surface area (Å²) in [4.78, 5) is 18.3. The van der Waals surface area contributed by atoms with Crippen molar-refractivity contribution in [1.82, 2.24) is 9.88 Å². The molecule has 25 heavy (non-hydrogen) atoms. The van der Waals surface area contributed by atoms with Crippen LogP contribution in [-0.2, 0) is 11.4 Å². The molecule has 0 bridgehead atoms. The molecule has 3 rings (SSSR count). The molecule has 1 amide bonds. The van der Waals surface area contributed by atoms with Gasteiger partial charge in [0.05, 0.1) is 0 Å². The summed E-state index contributed by atoms with van der Waals surface area (Å²) >= 11 is 0. The van der Waals surface area contributed by atoms with Gasteiger partial charge in [0.2, 0.25) is 5.91 Å². The lowest BCUT2D eigenvalue weighted by Crippen LogP contribution is -2.41. The first-order valence-electron chi connectivity index (χ1n) is 8.83. The number of piperidine rings is 1. The average Bonchev–Trinajstić information content (AvgIpc) is 2.66. The standard InChI is InChI=1S/C21H24N2O2/c1-17-4-2-3-15-23(17)21(24)10-7-18-5-8-20(9-6-18)25-16-19-11-13-22-14-12-19/h5-14,17H,2-4,15-16H2,1H3/b10-7+. The lowest BCUT2D eigenvalue weighted by atomic mass is 10.0. The Bertz CT molecular complexity index is 710. The number of aromatic nitrogens is 1. The number of likely N-dealkylation sites (tertiary alicyclic amines) is 1. The predicted molar refractivity (Wildman–Crippen MR) is 99.1 cm³/mol. The molecule has 1 saturated heterocycles. The third-order valence-electron chi connectivity index (χ3n) is 4.54. The fourth-order valence-electron chi connectivity index (χ4n) is 3.01. The van der Waals surface area contributed by atoms with Crippen molar-refractivity contribution in [3.05, 3.63) is 66.0 Å². The molecular weight excluding hydrogens is 312 g/mol. The van der Waals surface area contributed by atoms with E-state index in [-0.39, 0.29) is 5.91 Å². The highest BCUT2D eigenvalue weighted by molar-refractivity contribution is 5.92. The molecule has 1 aliphatic heterocycles. The molecule has 4 heteroatoms. The maximum atomic E-state index is 12.3. The molecule has 130 valence electrons. The van der Waals surface area contributed by atoms with E-state index in [0.29, 0.717) is 12.6 Å². The first kappa shape index (κ1) is 17.2. The van der Waals surface area contributed by atoms with E-state index in [0.717, 1.165) is 36.3 Å². The number of ether oxygens (including phenoxy) is 1. The van der Waals surface area contributed by atoms with E-state index in [1.54, 1.807) is 18.5 Å². The van der Waals surface area contributed by atoms with Crippen LogP contribution in [0.2, 0.25) is 0 Å². The number of carbonyl (C=O) groups is 1. The minimum atomic E-state index is 0.102. The Labute approximate surface area is 149 Å². The Kier molecular flexibility index (Phi) is 5.83. The molecule has 1 aliphatic rings. The summed E-state index contributed by atoms with van der Waals surface area (Å²) in [5, 5.41) is 0.